The van der Waals surface area contributed by atoms with E-state index >= 15 is 0 Å². The number of quaternary nitrogens is 2. The maximum atomic E-state index is 12.4. The molecule has 0 bridgehead atoms. The Labute approximate surface area is 157 Å². The van der Waals surface area contributed by atoms with Crippen LogP contribution in [0.15, 0.2) is 41.8 Å². The van der Waals surface area contributed by atoms with E-state index in [1.807, 2.05) is 0 Å². The van der Waals surface area contributed by atoms with Crippen LogP contribution in [0, 0.1) is 0 Å². The average Bonchev–Trinajstić information content (AvgIpc) is 3.16. The van der Waals surface area contributed by atoms with Gasteiger partial charge in [-0.15, -0.1) is 11.3 Å². The summed E-state index contributed by atoms with van der Waals surface area (Å²) in [6.07, 6.45) is 0. The van der Waals surface area contributed by atoms with E-state index in [1.165, 1.54) is 16.9 Å². The fraction of sp³-hybridized carbons (Fsp3) is 0.368. The Morgan fingerprint density at radius 1 is 1.08 bits per heavy atom. The van der Waals surface area contributed by atoms with Crippen molar-refractivity contribution in [1.29, 1.82) is 0 Å². The smallest absolute Gasteiger partial charge is 0.339 e. The molecule has 2 heterocycles. The summed E-state index contributed by atoms with van der Waals surface area (Å²) in [4.78, 5) is 28.5. The van der Waals surface area contributed by atoms with E-state index < -0.39 is 5.97 Å². The number of hydrogen-bond donors (Lipinski definition) is 3. The molecular formula is C19H25N3O3S+2. The van der Waals surface area contributed by atoms with Crippen molar-refractivity contribution in [2.75, 3.05) is 45.2 Å². The summed E-state index contributed by atoms with van der Waals surface area (Å²) in [5.74, 6) is -0.517. The Hall–Kier alpha value is -2.22. The number of piperazine rings is 1. The van der Waals surface area contributed by atoms with Crippen molar-refractivity contribution in [3.05, 3.63) is 52.2 Å². The maximum Gasteiger partial charge on any atom is 0.339 e. The first-order chi connectivity index (χ1) is 12.7. The summed E-state index contributed by atoms with van der Waals surface area (Å²) in [6.45, 7) is 5.59. The molecule has 1 aromatic carbocycles. The van der Waals surface area contributed by atoms with Gasteiger partial charge in [0.15, 0.2) is 6.54 Å². The van der Waals surface area contributed by atoms with Gasteiger partial charge in [-0.25, -0.2) is 4.79 Å². The minimum atomic E-state index is -0.445. The third-order valence-electron chi connectivity index (χ3n) is 4.69. The van der Waals surface area contributed by atoms with E-state index in [2.05, 4.69) is 22.8 Å². The predicted molar refractivity (Wildman–Crippen MR) is 101 cm³/mol. The first-order valence-electron chi connectivity index (χ1n) is 8.82. The lowest BCUT2D eigenvalue weighted by Crippen LogP contribution is -3.28. The zero-order valence-electron chi connectivity index (χ0n) is 14.9. The molecule has 7 heteroatoms. The van der Waals surface area contributed by atoms with Gasteiger partial charge in [0.05, 0.1) is 23.2 Å². The van der Waals surface area contributed by atoms with E-state index in [4.69, 9.17) is 4.74 Å². The molecule has 1 fully saturated rings. The first-order valence-corrected chi connectivity index (χ1v) is 9.70. The monoisotopic (exact) mass is 375 g/mol. The molecule has 1 aliphatic rings. The summed E-state index contributed by atoms with van der Waals surface area (Å²) >= 11 is 1.81. The average molecular weight is 375 g/mol. The van der Waals surface area contributed by atoms with Crippen LogP contribution in [0.5, 0.6) is 0 Å². The van der Waals surface area contributed by atoms with Crippen LogP contribution >= 0.6 is 11.3 Å². The number of methoxy groups -OCH3 is 1. The zero-order chi connectivity index (χ0) is 18.4. The Bertz CT molecular complexity index is 740. The van der Waals surface area contributed by atoms with E-state index in [0.717, 1.165) is 32.7 Å². The van der Waals surface area contributed by atoms with Crippen LogP contribution in [0.4, 0.5) is 5.69 Å². The highest BCUT2D eigenvalue weighted by molar-refractivity contribution is 7.09. The predicted octanol–water partition coefficient (Wildman–Crippen LogP) is -0.543. The van der Waals surface area contributed by atoms with Crippen molar-refractivity contribution in [1.82, 2.24) is 0 Å². The number of carbonyl (C=O) groups is 2. The van der Waals surface area contributed by atoms with Crippen molar-refractivity contribution in [2.24, 2.45) is 0 Å². The molecule has 1 aromatic heterocycles. The number of nitrogens with one attached hydrogen (secondary N) is 3. The minimum Gasteiger partial charge on any atom is -0.465 e. The Morgan fingerprint density at radius 3 is 2.50 bits per heavy atom. The van der Waals surface area contributed by atoms with Crippen molar-refractivity contribution < 1.29 is 24.1 Å². The van der Waals surface area contributed by atoms with Crippen molar-refractivity contribution >= 4 is 28.9 Å². The number of thiophene rings is 1. The van der Waals surface area contributed by atoms with Crippen LogP contribution in [-0.2, 0) is 16.1 Å². The molecule has 0 radical (unpaired) electrons. The molecule has 3 rings (SSSR count). The van der Waals surface area contributed by atoms with Crippen LogP contribution in [0.3, 0.4) is 0 Å². The van der Waals surface area contributed by atoms with Crippen LogP contribution in [0.2, 0.25) is 0 Å². The maximum absolute atomic E-state index is 12.4. The third-order valence-corrected chi connectivity index (χ3v) is 5.56. The van der Waals surface area contributed by atoms with Crippen LogP contribution in [0.25, 0.3) is 0 Å². The molecule has 0 atom stereocenters. The van der Waals surface area contributed by atoms with Gasteiger partial charge in [0.25, 0.3) is 5.91 Å². The fourth-order valence-electron chi connectivity index (χ4n) is 3.27. The molecule has 1 aliphatic heterocycles. The Morgan fingerprint density at radius 2 is 1.81 bits per heavy atom. The molecule has 0 spiro atoms. The topological polar surface area (TPSA) is 64.3 Å². The molecule has 1 saturated heterocycles. The molecular weight excluding hydrogens is 350 g/mol. The summed E-state index contributed by atoms with van der Waals surface area (Å²) in [7, 11) is 1.34. The highest BCUT2D eigenvalue weighted by atomic mass is 32.1. The quantitative estimate of drug-likeness (QED) is 0.594. The van der Waals surface area contributed by atoms with Gasteiger partial charge in [0.1, 0.15) is 32.7 Å². The second-order valence-corrected chi connectivity index (χ2v) is 7.55. The van der Waals surface area contributed by atoms with Crippen LogP contribution in [0.1, 0.15) is 15.2 Å². The lowest BCUT2D eigenvalue weighted by atomic mass is 10.2. The molecule has 2 aromatic rings. The van der Waals surface area contributed by atoms with Gasteiger partial charge in [-0.2, -0.15) is 0 Å². The van der Waals surface area contributed by atoms with Gasteiger partial charge in [0.2, 0.25) is 0 Å². The van der Waals surface area contributed by atoms with E-state index in [1.54, 1.807) is 40.5 Å². The zero-order valence-corrected chi connectivity index (χ0v) is 15.7. The van der Waals surface area contributed by atoms with Gasteiger partial charge in [-0.05, 0) is 23.6 Å². The fourth-order valence-corrected chi connectivity index (χ4v) is 4.05. The molecule has 138 valence electrons. The van der Waals surface area contributed by atoms with Crippen LogP contribution in [-0.4, -0.2) is 51.7 Å². The number of ether oxygens (including phenoxy) is 1. The number of benzene rings is 1. The second-order valence-electron chi connectivity index (χ2n) is 6.52. The Kier molecular flexibility index (Phi) is 6.38. The molecule has 26 heavy (non-hydrogen) atoms. The number of rotatable bonds is 6. The first kappa shape index (κ1) is 18.6. The molecule has 0 aliphatic carbocycles. The summed E-state index contributed by atoms with van der Waals surface area (Å²) in [5, 5.41) is 4.97. The normalized spacial score (nSPS) is 19.7. The third kappa shape index (κ3) is 4.91. The highest BCUT2D eigenvalue weighted by Gasteiger charge is 2.25. The van der Waals surface area contributed by atoms with Gasteiger partial charge in [-0.1, -0.05) is 18.2 Å². The van der Waals surface area contributed by atoms with Gasteiger partial charge in [0, 0.05) is 0 Å². The van der Waals surface area contributed by atoms with Gasteiger partial charge >= 0.3 is 5.97 Å². The summed E-state index contributed by atoms with van der Waals surface area (Å²) in [5.41, 5.74) is 0.884. The minimum absolute atomic E-state index is 0.0712. The molecule has 0 saturated carbocycles. The van der Waals surface area contributed by atoms with Gasteiger partial charge < -0.3 is 19.9 Å². The van der Waals surface area contributed by atoms with Crippen molar-refractivity contribution in [3.63, 3.8) is 0 Å². The standard InChI is InChI=1S/C19H23N3O3S/c1-25-19(24)16-6-2-3-7-17(16)20-18(23)14-22-10-8-21(9-11-22)13-15-5-4-12-26-15/h2-7,12H,8-11,13-14H2,1H3,(H,20,23)/p+2. The number of anilines is 1. The molecule has 6 nitrogen and oxygen atoms in total. The number of amides is 1. The highest BCUT2D eigenvalue weighted by Crippen LogP contribution is 2.15. The largest absolute Gasteiger partial charge is 0.465 e. The van der Waals surface area contributed by atoms with Crippen LogP contribution < -0.4 is 15.1 Å². The van der Waals surface area contributed by atoms with Crippen molar-refractivity contribution in [3.8, 4) is 0 Å². The number of para-hydroxylation sites is 1. The molecule has 1 amide bonds. The van der Waals surface area contributed by atoms with E-state index in [9.17, 15) is 9.59 Å². The van der Waals surface area contributed by atoms with Gasteiger partial charge in [-0.3, -0.25) is 4.79 Å². The summed E-state index contributed by atoms with van der Waals surface area (Å²) in [6, 6.07) is 11.2. The van der Waals surface area contributed by atoms with E-state index in [0.29, 0.717) is 17.8 Å². The number of hydrogen-bond acceptors (Lipinski definition) is 4. The van der Waals surface area contributed by atoms with Crippen molar-refractivity contribution in [2.45, 2.75) is 6.54 Å². The Balaban J connectivity index is 1.48. The van der Waals surface area contributed by atoms with E-state index in [-0.39, 0.29) is 5.91 Å². The summed E-state index contributed by atoms with van der Waals surface area (Å²) < 4.78 is 4.77. The molecule has 3 N–H and O–H groups in total. The second kappa shape index (κ2) is 8.93. The number of esters is 1. The lowest BCUT2D eigenvalue weighted by Gasteiger charge is -2.29. The SMILES string of the molecule is COC(=O)c1ccccc1NC(=O)C[NH+]1CC[NH+](Cc2cccs2)CC1. The molecule has 0 unspecified atom stereocenters. The lowest BCUT2D eigenvalue weighted by molar-refractivity contribution is -1.01. The number of carbonyl (C=O) groups excluding carboxylic acids is 2.